The van der Waals surface area contributed by atoms with Crippen molar-refractivity contribution in [2.75, 3.05) is 66.1 Å². The molecule has 5 heterocycles. The lowest BCUT2D eigenvalue weighted by molar-refractivity contribution is -0.239. The highest BCUT2D eigenvalue weighted by atomic mass is 35.5. The lowest BCUT2D eigenvalue weighted by Crippen LogP contribution is -2.51. The predicted molar refractivity (Wildman–Crippen MR) is 389 cm³/mol. The van der Waals surface area contributed by atoms with Crippen LogP contribution in [0.15, 0.2) is 91.0 Å². The maximum Gasteiger partial charge on any atom is 0.170 e. The number of aryl methyl sites for hydroxylation is 5. The Labute approximate surface area is 612 Å². The maximum atomic E-state index is 10.1. The standard InChI is InChI=1S/C19H27ClO2.2C16H21ClO3.C15H19ClO3.C14H17ClO3/c1-6-19(16-21-17(2,3)18(4,5)22-16)11-7-8-13-12-14(20)9-10-15(13)19;1-10-11(2)20-15(19-10)16(9-18)7-3-4-12-8-13(17)5-6-14(12)16;1-11-8-19-15(20-9-11)16(10-18)6-2-3-12-7-13(17)4-5-14(12)16;16-12-4-5-13-11(9-12)3-1-6-15(13,10-17)14-18-7-2-8-19-14;15-11-3-4-12-10(8-11)2-1-5-14(12,9-16)13-17-6-7-18-13/h9-10,12,16H,6-8,11H2,1-5H3;5-6,8,10-11,15,18H,3-4,7,9H2,1-2H3;4-5,7,11,15,18H,2-3,6,8-10H2,1H3;4-5,9,14,17H,1-3,6-8,10H2;3-4,8,13,16H,1-2,5-7,9H2/t19-;10?,11?,15?,16-;11?,15?,16-;15-;14-/m10000/s1. The molecule has 0 spiro atoms. The molecular weight excluding hydrogens is 1360 g/mol. The highest BCUT2D eigenvalue weighted by Crippen LogP contribution is 2.53. The van der Waals surface area contributed by atoms with Gasteiger partial charge >= 0.3 is 0 Å². The van der Waals surface area contributed by atoms with Crippen LogP contribution in [0, 0.1) is 5.92 Å². The second-order valence-electron chi connectivity index (χ2n) is 30.2. The molecule has 4 N–H and O–H groups in total. The molecule has 0 radical (unpaired) electrons. The number of hydrogen-bond donors (Lipinski definition) is 4. The molecule has 19 heteroatoms. The zero-order chi connectivity index (χ0) is 70.5. The van der Waals surface area contributed by atoms with Crippen LogP contribution in [0.4, 0.5) is 0 Å². The van der Waals surface area contributed by atoms with E-state index < -0.39 is 21.7 Å². The second kappa shape index (κ2) is 32.8. The Morgan fingerprint density at radius 3 is 0.929 bits per heavy atom. The topological polar surface area (TPSA) is 173 Å². The first kappa shape index (κ1) is 77.1. The van der Waals surface area contributed by atoms with Gasteiger partial charge in [-0.25, -0.2) is 0 Å². The van der Waals surface area contributed by atoms with Crippen molar-refractivity contribution in [2.24, 2.45) is 5.92 Å². The van der Waals surface area contributed by atoms with E-state index in [2.05, 4.69) is 53.7 Å². The van der Waals surface area contributed by atoms with Gasteiger partial charge in [0, 0.05) is 36.4 Å². The molecule has 15 rings (SSSR count). The fourth-order valence-electron chi connectivity index (χ4n) is 17.0. The van der Waals surface area contributed by atoms with Crippen molar-refractivity contribution >= 4 is 58.0 Å². The van der Waals surface area contributed by atoms with E-state index in [0.29, 0.717) is 45.6 Å². The third kappa shape index (κ3) is 15.8. The fourth-order valence-corrected chi connectivity index (χ4v) is 18.0. The van der Waals surface area contributed by atoms with Gasteiger partial charge in [0.25, 0.3) is 0 Å². The molecule has 2 unspecified atom stereocenters. The van der Waals surface area contributed by atoms with Gasteiger partial charge in [0.05, 0.1) is 111 Å². The third-order valence-electron chi connectivity index (χ3n) is 23.5. The Bertz CT molecular complexity index is 3490. The van der Waals surface area contributed by atoms with Crippen molar-refractivity contribution in [1.29, 1.82) is 0 Å². The lowest BCUT2D eigenvalue weighted by Gasteiger charge is -2.45. The Kier molecular flexibility index (Phi) is 25.5. The van der Waals surface area contributed by atoms with Gasteiger partial charge in [0.1, 0.15) is 0 Å². The lowest BCUT2D eigenvalue weighted by atomic mass is 9.67. The molecule has 10 aliphatic rings. The fraction of sp³-hybridized carbons (Fsp3) is 0.625. The predicted octanol–water partition coefficient (Wildman–Crippen LogP) is 16.2. The molecular formula is C80H105Cl5O14. The quantitative estimate of drug-likeness (QED) is 0.104. The van der Waals surface area contributed by atoms with Gasteiger partial charge in [0.15, 0.2) is 31.5 Å². The minimum Gasteiger partial charge on any atom is -0.395 e. The van der Waals surface area contributed by atoms with Gasteiger partial charge < -0.3 is 67.8 Å². The maximum absolute atomic E-state index is 10.1. The molecule has 5 aliphatic carbocycles. The monoisotopic (exact) mass is 1460 g/mol. The molecule has 5 saturated heterocycles. The van der Waals surface area contributed by atoms with Crippen LogP contribution in [-0.4, -0.2) is 141 Å². The Balaban J connectivity index is 0.000000125. The summed E-state index contributed by atoms with van der Waals surface area (Å²) in [4.78, 5) is 0. The van der Waals surface area contributed by atoms with Gasteiger partial charge in [-0.1, -0.05) is 102 Å². The number of ether oxygens (including phenoxy) is 10. The Morgan fingerprint density at radius 2 is 0.626 bits per heavy atom. The smallest absolute Gasteiger partial charge is 0.170 e. The first-order valence-corrected chi connectivity index (χ1v) is 38.1. The summed E-state index contributed by atoms with van der Waals surface area (Å²) in [6, 6.07) is 29.9. The van der Waals surface area contributed by atoms with Crippen LogP contribution < -0.4 is 0 Å². The van der Waals surface area contributed by atoms with Crippen LogP contribution in [0.3, 0.4) is 0 Å². The highest BCUT2D eigenvalue weighted by Gasteiger charge is 2.57. The molecule has 0 saturated carbocycles. The van der Waals surface area contributed by atoms with E-state index in [1.165, 1.54) is 33.4 Å². The van der Waals surface area contributed by atoms with Crippen LogP contribution in [0.2, 0.25) is 25.1 Å². The molecule has 5 aromatic rings. The van der Waals surface area contributed by atoms with Crippen LogP contribution in [0.25, 0.3) is 0 Å². The molecule has 544 valence electrons. The third-order valence-corrected chi connectivity index (χ3v) is 24.7. The summed E-state index contributed by atoms with van der Waals surface area (Å²) < 4.78 is 59.5. The molecule has 5 fully saturated rings. The summed E-state index contributed by atoms with van der Waals surface area (Å²) >= 11 is 30.5. The largest absolute Gasteiger partial charge is 0.395 e. The number of hydrogen-bond acceptors (Lipinski definition) is 14. The average Bonchev–Trinajstić information content (AvgIpc) is 1.70. The van der Waals surface area contributed by atoms with Crippen LogP contribution >= 0.6 is 58.0 Å². The van der Waals surface area contributed by atoms with Gasteiger partial charge in [-0.3, -0.25) is 0 Å². The molecule has 5 aliphatic heterocycles. The van der Waals surface area contributed by atoms with E-state index in [0.717, 1.165) is 157 Å². The van der Waals surface area contributed by atoms with Crippen molar-refractivity contribution < 1.29 is 67.8 Å². The van der Waals surface area contributed by atoms with Crippen LogP contribution in [0.5, 0.6) is 0 Å². The summed E-state index contributed by atoms with van der Waals surface area (Å²) in [5, 5.41) is 43.9. The minimum atomic E-state index is -0.461. The summed E-state index contributed by atoms with van der Waals surface area (Å²) in [7, 11) is 0. The first-order valence-electron chi connectivity index (χ1n) is 36.2. The van der Waals surface area contributed by atoms with E-state index in [4.69, 9.17) is 105 Å². The highest BCUT2D eigenvalue weighted by molar-refractivity contribution is 6.31. The molecule has 99 heavy (non-hydrogen) atoms. The minimum absolute atomic E-state index is 0.0335. The Morgan fingerprint density at radius 1 is 0.354 bits per heavy atom. The summed E-state index contributed by atoms with van der Waals surface area (Å²) in [5.41, 5.74) is 9.69. The van der Waals surface area contributed by atoms with E-state index >= 15 is 0 Å². The molecule has 5 aromatic carbocycles. The van der Waals surface area contributed by atoms with E-state index in [1.807, 2.05) is 92.7 Å². The first-order chi connectivity index (χ1) is 47.5. The van der Waals surface area contributed by atoms with Crippen LogP contribution in [-0.2, 0) is 107 Å². The van der Waals surface area contributed by atoms with Crippen molar-refractivity contribution in [3.63, 3.8) is 0 Å². The second-order valence-corrected chi connectivity index (χ2v) is 32.4. The number of aliphatic hydroxyl groups excluding tert-OH is 4. The van der Waals surface area contributed by atoms with Crippen molar-refractivity contribution in [3.05, 3.63) is 172 Å². The molecule has 0 amide bonds. The zero-order valence-electron chi connectivity index (χ0n) is 59.1. The van der Waals surface area contributed by atoms with Gasteiger partial charge in [-0.15, -0.1) is 0 Å². The molecule has 7 atom stereocenters. The van der Waals surface area contributed by atoms with Crippen molar-refractivity contribution in [1.82, 2.24) is 0 Å². The summed E-state index contributed by atoms with van der Waals surface area (Å²) in [6.07, 6.45) is 15.4. The van der Waals surface area contributed by atoms with Crippen molar-refractivity contribution in [3.8, 4) is 0 Å². The normalized spacial score (nSPS) is 31.5. The van der Waals surface area contributed by atoms with Gasteiger partial charge in [-0.2, -0.15) is 0 Å². The number of benzene rings is 5. The zero-order valence-corrected chi connectivity index (χ0v) is 62.9. The van der Waals surface area contributed by atoms with Gasteiger partial charge in [0.2, 0.25) is 0 Å². The summed E-state index contributed by atoms with van der Waals surface area (Å²) in [5.74, 6) is 0.412. The van der Waals surface area contributed by atoms with E-state index in [9.17, 15) is 20.4 Å². The number of halogens is 5. The van der Waals surface area contributed by atoms with Gasteiger partial charge in [-0.05, 0) is 267 Å². The molecule has 0 aromatic heterocycles. The average molecular weight is 1470 g/mol. The van der Waals surface area contributed by atoms with Crippen LogP contribution in [0.1, 0.15) is 188 Å². The summed E-state index contributed by atoms with van der Waals surface area (Å²) in [6.45, 7) is 21.1. The van der Waals surface area contributed by atoms with E-state index in [-0.39, 0.29) is 86.7 Å². The number of aliphatic hydroxyl groups is 4. The Hall–Kier alpha value is -3.01. The van der Waals surface area contributed by atoms with E-state index in [1.54, 1.807) is 0 Å². The molecule has 0 bridgehead atoms. The number of fused-ring (bicyclic) bond motifs is 5. The SMILES string of the molecule is CC1COC([C@]2(CO)CCCc3cc(Cl)ccc32)OC1.CC1OC([C@]2(CO)CCCc3cc(Cl)ccc32)OC1C.CC[C@@]1(C2OC(C)(C)C(C)(C)O2)CCCc2cc(Cl)ccc21.OC[C@@]1(C2OCCCO2)CCCc2cc(Cl)ccc21.OC[C@@]1(C2OCCO2)CCCc2cc(Cl)ccc21. The molecule has 14 nitrogen and oxygen atoms in total. The number of rotatable bonds is 10. The van der Waals surface area contributed by atoms with Crippen molar-refractivity contribution in [2.45, 2.75) is 246 Å².